The summed E-state index contributed by atoms with van der Waals surface area (Å²) in [6.07, 6.45) is 1.84. The summed E-state index contributed by atoms with van der Waals surface area (Å²) in [7, 11) is 0. The van der Waals surface area contributed by atoms with E-state index in [1.807, 2.05) is 65.8 Å². The van der Waals surface area contributed by atoms with Crippen LogP contribution in [0.1, 0.15) is 65.5 Å². The van der Waals surface area contributed by atoms with Crippen molar-refractivity contribution in [3.8, 4) is 0 Å². The van der Waals surface area contributed by atoms with Crippen molar-refractivity contribution in [3.63, 3.8) is 0 Å². The van der Waals surface area contributed by atoms with Crippen molar-refractivity contribution in [2.24, 2.45) is 0 Å². The van der Waals surface area contributed by atoms with E-state index < -0.39 is 11.2 Å². The van der Waals surface area contributed by atoms with Crippen molar-refractivity contribution in [2.45, 2.75) is 78.4 Å². The van der Waals surface area contributed by atoms with Crippen LogP contribution in [0.25, 0.3) is 21.5 Å². The molecular weight excluding hydrogens is 400 g/mol. The molecule has 0 aliphatic heterocycles. The first-order valence-electron chi connectivity index (χ1n) is 11.3. The molecule has 3 aromatic rings. The average molecular weight is 435 g/mol. The van der Waals surface area contributed by atoms with Crippen molar-refractivity contribution in [3.05, 3.63) is 59.7 Å². The molecule has 170 valence electrons. The van der Waals surface area contributed by atoms with E-state index >= 15 is 0 Å². The molecule has 0 radical (unpaired) electrons. The molecule has 0 N–H and O–H groups in total. The SMILES string of the molecule is CC(C)(C)OC(=O)CCc1c2ccccc2c(CCC(=O)OC(C)(C)C)c2ccccc12. The lowest BCUT2D eigenvalue weighted by Crippen LogP contribution is -2.24. The molecule has 0 fully saturated rings. The standard InChI is InChI=1S/C28H34O4/c1-27(2,3)31-25(29)17-15-23-19-11-7-9-13-21(19)24(22-14-10-8-12-20(22)23)16-18-26(30)32-28(4,5)6/h7-14H,15-18H2,1-6H3. The minimum Gasteiger partial charge on any atom is -0.460 e. The van der Waals surface area contributed by atoms with E-state index in [9.17, 15) is 9.59 Å². The van der Waals surface area contributed by atoms with E-state index in [0.29, 0.717) is 25.7 Å². The Labute approximate surface area is 190 Å². The Hall–Kier alpha value is -2.88. The molecule has 0 atom stereocenters. The van der Waals surface area contributed by atoms with Gasteiger partial charge < -0.3 is 9.47 Å². The van der Waals surface area contributed by atoms with Crippen LogP contribution in [-0.2, 0) is 31.9 Å². The van der Waals surface area contributed by atoms with Gasteiger partial charge in [0.05, 0.1) is 0 Å². The number of hydrogen-bond acceptors (Lipinski definition) is 4. The predicted octanol–water partition coefficient (Wildman–Crippen LogP) is 6.54. The third kappa shape index (κ3) is 6.09. The summed E-state index contributed by atoms with van der Waals surface area (Å²) < 4.78 is 11.0. The fourth-order valence-electron chi connectivity index (χ4n) is 4.09. The predicted molar refractivity (Wildman–Crippen MR) is 130 cm³/mol. The molecule has 0 aliphatic carbocycles. The number of ether oxygens (including phenoxy) is 2. The Kier molecular flexibility index (Phi) is 6.92. The number of hydrogen-bond donors (Lipinski definition) is 0. The molecule has 0 heterocycles. The van der Waals surface area contributed by atoms with Crippen LogP contribution in [0.3, 0.4) is 0 Å². The van der Waals surface area contributed by atoms with Gasteiger partial charge in [-0.05, 0) is 87.1 Å². The number of aryl methyl sites for hydroxylation is 2. The van der Waals surface area contributed by atoms with Gasteiger partial charge in [0.15, 0.2) is 0 Å². The first kappa shape index (κ1) is 23.8. The lowest BCUT2D eigenvalue weighted by atomic mass is 9.88. The van der Waals surface area contributed by atoms with E-state index in [4.69, 9.17) is 9.47 Å². The van der Waals surface area contributed by atoms with Gasteiger partial charge >= 0.3 is 11.9 Å². The number of carbonyl (C=O) groups is 2. The zero-order chi connectivity index (χ0) is 23.5. The highest BCUT2D eigenvalue weighted by Crippen LogP contribution is 2.34. The average Bonchev–Trinajstić information content (AvgIpc) is 2.67. The van der Waals surface area contributed by atoms with E-state index in [-0.39, 0.29) is 11.9 Å². The molecule has 3 rings (SSSR count). The maximum atomic E-state index is 12.4. The van der Waals surface area contributed by atoms with Crippen LogP contribution in [0.4, 0.5) is 0 Å². The Bertz CT molecular complexity index is 983. The summed E-state index contributed by atoms with van der Waals surface area (Å²) in [5.41, 5.74) is 1.30. The topological polar surface area (TPSA) is 52.6 Å². The smallest absolute Gasteiger partial charge is 0.306 e. The lowest BCUT2D eigenvalue weighted by Gasteiger charge is -2.21. The number of fused-ring (bicyclic) bond motifs is 2. The van der Waals surface area contributed by atoms with E-state index in [0.717, 1.165) is 32.7 Å². The molecule has 0 saturated carbocycles. The molecular formula is C28H34O4. The minimum atomic E-state index is -0.493. The van der Waals surface area contributed by atoms with Crippen LogP contribution in [0.15, 0.2) is 48.5 Å². The molecule has 0 unspecified atom stereocenters. The third-order valence-electron chi connectivity index (χ3n) is 5.15. The second kappa shape index (κ2) is 9.32. The molecule has 0 bridgehead atoms. The second-order valence-electron chi connectivity index (χ2n) is 10.2. The number of rotatable bonds is 6. The van der Waals surface area contributed by atoms with Crippen LogP contribution in [0.5, 0.6) is 0 Å². The van der Waals surface area contributed by atoms with Crippen molar-refractivity contribution in [1.29, 1.82) is 0 Å². The van der Waals surface area contributed by atoms with Gasteiger partial charge in [0, 0.05) is 12.8 Å². The Morgan fingerprint density at radius 2 is 0.875 bits per heavy atom. The molecule has 0 amide bonds. The van der Waals surface area contributed by atoms with Gasteiger partial charge in [-0.15, -0.1) is 0 Å². The Morgan fingerprint density at radius 3 is 1.12 bits per heavy atom. The highest BCUT2D eigenvalue weighted by Gasteiger charge is 2.20. The molecule has 0 spiro atoms. The largest absolute Gasteiger partial charge is 0.460 e. The summed E-state index contributed by atoms with van der Waals surface area (Å²) in [4.78, 5) is 24.8. The van der Waals surface area contributed by atoms with Gasteiger partial charge in [0.25, 0.3) is 0 Å². The summed E-state index contributed by atoms with van der Waals surface area (Å²) in [5, 5.41) is 4.48. The fourth-order valence-corrected chi connectivity index (χ4v) is 4.09. The summed E-state index contributed by atoms with van der Waals surface area (Å²) in [6.45, 7) is 11.3. The molecule has 3 aromatic carbocycles. The van der Waals surface area contributed by atoms with E-state index in [1.54, 1.807) is 0 Å². The minimum absolute atomic E-state index is 0.195. The zero-order valence-corrected chi connectivity index (χ0v) is 20.1. The summed E-state index contributed by atoms with van der Waals surface area (Å²) >= 11 is 0. The van der Waals surface area contributed by atoms with Crippen LogP contribution in [0, 0.1) is 0 Å². The lowest BCUT2D eigenvalue weighted by molar-refractivity contribution is -0.155. The van der Waals surface area contributed by atoms with E-state index in [1.165, 1.54) is 0 Å². The van der Waals surface area contributed by atoms with Crippen molar-refractivity contribution in [1.82, 2.24) is 0 Å². The molecule has 32 heavy (non-hydrogen) atoms. The fraction of sp³-hybridized carbons (Fsp3) is 0.429. The monoisotopic (exact) mass is 434 g/mol. The van der Waals surface area contributed by atoms with Crippen LogP contribution >= 0.6 is 0 Å². The van der Waals surface area contributed by atoms with Gasteiger partial charge in [0.2, 0.25) is 0 Å². The highest BCUT2D eigenvalue weighted by atomic mass is 16.6. The van der Waals surface area contributed by atoms with Gasteiger partial charge in [0.1, 0.15) is 11.2 Å². The highest BCUT2D eigenvalue weighted by molar-refractivity contribution is 6.06. The van der Waals surface area contributed by atoms with Crippen LogP contribution < -0.4 is 0 Å². The van der Waals surface area contributed by atoms with Crippen molar-refractivity contribution in [2.75, 3.05) is 0 Å². The molecule has 4 nitrogen and oxygen atoms in total. The number of carbonyl (C=O) groups excluding carboxylic acids is 2. The van der Waals surface area contributed by atoms with Crippen molar-refractivity contribution >= 4 is 33.5 Å². The zero-order valence-electron chi connectivity index (χ0n) is 20.1. The number of benzene rings is 3. The third-order valence-corrected chi connectivity index (χ3v) is 5.15. The van der Waals surface area contributed by atoms with E-state index in [2.05, 4.69) is 24.3 Å². The van der Waals surface area contributed by atoms with Gasteiger partial charge in [-0.3, -0.25) is 9.59 Å². The summed E-state index contributed by atoms with van der Waals surface area (Å²) in [6, 6.07) is 16.5. The Balaban J connectivity index is 1.99. The number of esters is 2. The summed E-state index contributed by atoms with van der Waals surface area (Å²) in [5.74, 6) is -0.390. The maximum Gasteiger partial charge on any atom is 0.306 e. The Morgan fingerprint density at radius 1 is 0.594 bits per heavy atom. The molecule has 0 saturated heterocycles. The second-order valence-corrected chi connectivity index (χ2v) is 10.2. The first-order chi connectivity index (χ1) is 14.9. The van der Waals surface area contributed by atoms with Gasteiger partial charge in [-0.2, -0.15) is 0 Å². The van der Waals surface area contributed by atoms with Gasteiger partial charge in [-0.25, -0.2) is 0 Å². The van der Waals surface area contributed by atoms with Gasteiger partial charge in [-0.1, -0.05) is 48.5 Å². The van der Waals surface area contributed by atoms with Crippen LogP contribution in [0.2, 0.25) is 0 Å². The van der Waals surface area contributed by atoms with Crippen LogP contribution in [-0.4, -0.2) is 23.1 Å². The first-order valence-corrected chi connectivity index (χ1v) is 11.3. The quantitative estimate of drug-likeness (QED) is 0.326. The van der Waals surface area contributed by atoms with Crippen molar-refractivity contribution < 1.29 is 19.1 Å². The molecule has 4 heteroatoms. The maximum absolute atomic E-state index is 12.4. The molecule has 0 aliphatic rings. The normalized spacial score (nSPS) is 12.2. The molecule has 0 aromatic heterocycles.